The van der Waals surface area contributed by atoms with E-state index < -0.39 is 0 Å². The van der Waals surface area contributed by atoms with E-state index in [1.54, 1.807) is 0 Å². The van der Waals surface area contributed by atoms with E-state index in [0.717, 1.165) is 32.4 Å². The number of benzene rings is 1. The largest absolute Gasteiger partial charge is 0.355 e. The van der Waals surface area contributed by atoms with Crippen molar-refractivity contribution in [3.05, 3.63) is 35.4 Å². The molecule has 1 saturated heterocycles. The molecule has 4 heteroatoms. The minimum atomic E-state index is -0.0937. The normalized spacial score (nSPS) is 20.0. The second-order valence-corrected chi connectivity index (χ2v) is 10.6. The van der Waals surface area contributed by atoms with Gasteiger partial charge >= 0.3 is 0 Å². The van der Waals surface area contributed by atoms with Crippen LogP contribution in [0.25, 0.3) is 0 Å². The molecule has 1 aliphatic heterocycles. The summed E-state index contributed by atoms with van der Waals surface area (Å²) in [4.78, 5) is 26.5. The lowest BCUT2D eigenvalue weighted by molar-refractivity contribution is -0.139. The molecule has 1 aromatic rings. The zero-order valence-corrected chi connectivity index (χ0v) is 19.6. The summed E-state index contributed by atoms with van der Waals surface area (Å²) in [5, 5.41) is 2.89. The van der Waals surface area contributed by atoms with Crippen molar-refractivity contribution in [1.29, 1.82) is 0 Å². The number of hydrogen-bond donors (Lipinski definition) is 1. The SMILES string of the molecule is CCC(=O)NC[C@@H](CC)C(=O)N1CCC2(CC1)CC(c1cccc(C(C)(C)C)c1)C2. The smallest absolute Gasteiger partial charge is 0.227 e. The molecule has 1 heterocycles. The molecule has 0 radical (unpaired) electrons. The van der Waals surface area contributed by atoms with Crippen molar-refractivity contribution in [3.8, 4) is 0 Å². The van der Waals surface area contributed by atoms with Crippen LogP contribution in [0.1, 0.15) is 90.2 Å². The van der Waals surface area contributed by atoms with Gasteiger partial charge in [0.2, 0.25) is 11.8 Å². The van der Waals surface area contributed by atoms with Gasteiger partial charge in [-0.15, -0.1) is 0 Å². The van der Waals surface area contributed by atoms with E-state index >= 15 is 0 Å². The summed E-state index contributed by atoms with van der Waals surface area (Å²) < 4.78 is 0. The molecule has 1 spiro atoms. The van der Waals surface area contributed by atoms with Gasteiger partial charge in [0.05, 0.1) is 5.92 Å². The summed E-state index contributed by atoms with van der Waals surface area (Å²) in [6, 6.07) is 9.16. The highest BCUT2D eigenvalue weighted by molar-refractivity contribution is 5.81. The molecule has 1 atom stereocenters. The first-order valence-corrected chi connectivity index (χ1v) is 11.8. The molecule has 30 heavy (non-hydrogen) atoms. The second-order valence-electron chi connectivity index (χ2n) is 10.6. The average molecular weight is 413 g/mol. The molecular formula is C26H40N2O2. The number of piperidine rings is 1. The Balaban J connectivity index is 1.52. The van der Waals surface area contributed by atoms with E-state index in [-0.39, 0.29) is 23.1 Å². The van der Waals surface area contributed by atoms with Crippen LogP contribution in [0, 0.1) is 11.3 Å². The summed E-state index contributed by atoms with van der Waals surface area (Å²) in [6.07, 6.45) is 5.99. The van der Waals surface area contributed by atoms with Crippen molar-refractivity contribution in [2.45, 2.75) is 84.5 Å². The molecule has 0 aromatic heterocycles. The maximum absolute atomic E-state index is 12.9. The van der Waals surface area contributed by atoms with Gasteiger partial charge in [-0.1, -0.05) is 58.9 Å². The predicted octanol–water partition coefficient (Wildman–Crippen LogP) is 5.02. The van der Waals surface area contributed by atoms with E-state index in [9.17, 15) is 9.59 Å². The maximum atomic E-state index is 12.9. The molecule has 1 aromatic carbocycles. The molecule has 4 nitrogen and oxygen atoms in total. The molecule has 2 fully saturated rings. The Bertz CT molecular complexity index is 749. The van der Waals surface area contributed by atoms with Crippen LogP contribution in [-0.2, 0) is 15.0 Å². The first-order valence-electron chi connectivity index (χ1n) is 11.8. The zero-order chi connectivity index (χ0) is 21.9. The number of amides is 2. The van der Waals surface area contributed by atoms with Crippen molar-refractivity contribution < 1.29 is 9.59 Å². The van der Waals surface area contributed by atoms with Gasteiger partial charge in [-0.25, -0.2) is 0 Å². The van der Waals surface area contributed by atoms with Crippen molar-refractivity contribution >= 4 is 11.8 Å². The summed E-state index contributed by atoms with van der Waals surface area (Å²) in [5.74, 6) is 0.818. The topological polar surface area (TPSA) is 49.4 Å². The lowest BCUT2D eigenvalue weighted by atomic mass is 9.56. The summed E-state index contributed by atoms with van der Waals surface area (Å²) >= 11 is 0. The molecule has 0 bridgehead atoms. The third kappa shape index (κ3) is 5.07. The number of rotatable bonds is 6. The number of hydrogen-bond acceptors (Lipinski definition) is 2. The highest BCUT2D eigenvalue weighted by Crippen LogP contribution is 2.56. The molecule has 2 aliphatic rings. The number of carbonyl (C=O) groups is 2. The van der Waals surface area contributed by atoms with Gasteiger partial charge in [-0.05, 0) is 60.0 Å². The van der Waals surface area contributed by atoms with E-state index in [1.807, 2.05) is 18.7 Å². The Labute approximate surface area is 182 Å². The Morgan fingerprint density at radius 2 is 1.83 bits per heavy atom. The fourth-order valence-electron chi connectivity index (χ4n) is 5.12. The molecule has 2 amide bonds. The number of carbonyl (C=O) groups excluding carboxylic acids is 2. The first-order chi connectivity index (χ1) is 14.2. The van der Waals surface area contributed by atoms with E-state index in [4.69, 9.17) is 0 Å². The van der Waals surface area contributed by atoms with E-state index in [2.05, 4.69) is 50.4 Å². The molecular weight excluding hydrogens is 372 g/mol. The quantitative estimate of drug-likeness (QED) is 0.713. The minimum Gasteiger partial charge on any atom is -0.355 e. The monoisotopic (exact) mass is 412 g/mol. The van der Waals surface area contributed by atoms with Crippen molar-refractivity contribution in [2.75, 3.05) is 19.6 Å². The predicted molar refractivity (Wildman–Crippen MR) is 122 cm³/mol. The third-order valence-corrected chi connectivity index (χ3v) is 7.43. The fourth-order valence-corrected chi connectivity index (χ4v) is 5.12. The van der Waals surface area contributed by atoms with Gasteiger partial charge in [0.1, 0.15) is 0 Å². The molecule has 3 rings (SSSR count). The van der Waals surface area contributed by atoms with Gasteiger partial charge in [0.15, 0.2) is 0 Å². The van der Waals surface area contributed by atoms with E-state index in [0.29, 0.717) is 24.3 Å². The fraction of sp³-hybridized carbons (Fsp3) is 0.692. The van der Waals surface area contributed by atoms with Crippen LogP contribution in [0.4, 0.5) is 0 Å². The number of nitrogens with one attached hydrogen (secondary N) is 1. The van der Waals surface area contributed by atoms with E-state index in [1.165, 1.54) is 24.0 Å². The summed E-state index contributed by atoms with van der Waals surface area (Å²) in [6.45, 7) is 12.9. The Hall–Kier alpha value is -1.84. The average Bonchev–Trinajstić information content (AvgIpc) is 2.71. The van der Waals surface area contributed by atoms with Gasteiger partial charge in [-0.2, -0.15) is 0 Å². The van der Waals surface area contributed by atoms with Crippen LogP contribution in [0.2, 0.25) is 0 Å². The van der Waals surface area contributed by atoms with Crippen molar-refractivity contribution in [1.82, 2.24) is 10.2 Å². The highest BCUT2D eigenvalue weighted by atomic mass is 16.2. The zero-order valence-electron chi connectivity index (χ0n) is 19.6. The van der Waals surface area contributed by atoms with Crippen LogP contribution < -0.4 is 5.32 Å². The lowest BCUT2D eigenvalue weighted by Crippen LogP contribution is -2.50. The van der Waals surface area contributed by atoms with Gasteiger partial charge in [0.25, 0.3) is 0 Å². The van der Waals surface area contributed by atoms with Gasteiger partial charge in [-0.3, -0.25) is 9.59 Å². The van der Waals surface area contributed by atoms with Gasteiger partial charge < -0.3 is 10.2 Å². The van der Waals surface area contributed by atoms with Gasteiger partial charge in [0, 0.05) is 26.1 Å². The molecule has 166 valence electrons. The molecule has 0 unspecified atom stereocenters. The van der Waals surface area contributed by atoms with Crippen LogP contribution in [0.5, 0.6) is 0 Å². The highest BCUT2D eigenvalue weighted by Gasteiger charge is 2.47. The maximum Gasteiger partial charge on any atom is 0.227 e. The summed E-state index contributed by atoms with van der Waals surface area (Å²) in [5.41, 5.74) is 3.53. The van der Waals surface area contributed by atoms with Crippen molar-refractivity contribution in [3.63, 3.8) is 0 Å². The Morgan fingerprint density at radius 3 is 2.40 bits per heavy atom. The lowest BCUT2D eigenvalue weighted by Gasteiger charge is -2.53. The third-order valence-electron chi connectivity index (χ3n) is 7.43. The van der Waals surface area contributed by atoms with Crippen LogP contribution in [0.15, 0.2) is 24.3 Å². The first kappa shape index (κ1) is 22.8. The second kappa shape index (κ2) is 9.11. The van der Waals surface area contributed by atoms with Crippen molar-refractivity contribution in [2.24, 2.45) is 11.3 Å². The molecule has 1 saturated carbocycles. The Morgan fingerprint density at radius 1 is 1.17 bits per heavy atom. The molecule has 1 aliphatic carbocycles. The summed E-state index contributed by atoms with van der Waals surface area (Å²) in [7, 11) is 0. The van der Waals surface area contributed by atoms with Crippen LogP contribution in [0.3, 0.4) is 0 Å². The number of nitrogens with zero attached hydrogens (tertiary/aromatic N) is 1. The Kier molecular flexibility index (Phi) is 6.94. The van der Waals surface area contributed by atoms with Crippen LogP contribution in [-0.4, -0.2) is 36.3 Å². The standard InChI is InChI=1S/C26H40N2O2/c1-6-19(18-27-23(29)7-2)24(30)28-13-11-26(12-14-28)16-21(17-26)20-9-8-10-22(15-20)25(3,4)5/h8-10,15,19,21H,6-7,11-14,16-18H2,1-5H3,(H,27,29)/t19-/m1/s1. The van der Waals surface area contributed by atoms with Crippen LogP contribution >= 0.6 is 0 Å². The minimum absolute atomic E-state index is 0.0230. The molecule has 1 N–H and O–H groups in total. The number of likely N-dealkylation sites (tertiary alicyclic amines) is 1.